The molecule has 7 heteroatoms. The summed E-state index contributed by atoms with van der Waals surface area (Å²) in [6.45, 7) is 6.17. The predicted octanol–water partition coefficient (Wildman–Crippen LogP) is 3.05. The number of para-hydroxylation sites is 2. The van der Waals surface area contributed by atoms with Crippen molar-refractivity contribution in [2.75, 3.05) is 5.32 Å². The highest BCUT2D eigenvalue weighted by molar-refractivity contribution is 5.88. The van der Waals surface area contributed by atoms with Crippen LogP contribution in [0, 0.1) is 0 Å². The Kier molecular flexibility index (Phi) is 6.16. The number of fused-ring (bicyclic) bond motifs is 1. The van der Waals surface area contributed by atoms with E-state index in [4.69, 9.17) is 0 Å². The number of nitrogens with one attached hydrogen (secondary N) is 2. The molecule has 0 spiro atoms. The summed E-state index contributed by atoms with van der Waals surface area (Å²) < 4.78 is 3.36. The van der Waals surface area contributed by atoms with Crippen molar-refractivity contribution < 1.29 is 9.59 Å². The number of aromatic nitrogens is 2. The molecule has 29 heavy (non-hydrogen) atoms. The lowest BCUT2D eigenvalue weighted by Crippen LogP contribution is -2.30. The van der Waals surface area contributed by atoms with Gasteiger partial charge in [0.2, 0.25) is 11.8 Å². The molecule has 1 heterocycles. The third-order valence-corrected chi connectivity index (χ3v) is 4.89. The van der Waals surface area contributed by atoms with E-state index >= 15 is 0 Å². The normalized spacial score (nSPS) is 12.0. The molecule has 2 amide bonds. The number of imidazole rings is 1. The summed E-state index contributed by atoms with van der Waals surface area (Å²) in [5, 5.41) is 5.70. The van der Waals surface area contributed by atoms with Crippen LogP contribution in [0.25, 0.3) is 11.0 Å². The minimum Gasteiger partial charge on any atom is -0.350 e. The van der Waals surface area contributed by atoms with Crippen LogP contribution in [0.4, 0.5) is 5.69 Å². The molecule has 3 rings (SSSR count). The van der Waals surface area contributed by atoms with Crippen molar-refractivity contribution in [3.05, 3.63) is 64.6 Å². The van der Waals surface area contributed by atoms with Gasteiger partial charge in [-0.2, -0.15) is 0 Å². The maximum atomic E-state index is 12.7. The lowest BCUT2D eigenvalue weighted by Gasteiger charge is -2.15. The number of hydrogen-bond acceptors (Lipinski definition) is 3. The highest BCUT2D eigenvalue weighted by Crippen LogP contribution is 2.18. The Morgan fingerprint density at radius 1 is 1.03 bits per heavy atom. The van der Waals surface area contributed by atoms with Gasteiger partial charge < -0.3 is 10.6 Å². The molecule has 0 fully saturated rings. The molecule has 2 N–H and O–H groups in total. The second-order valence-corrected chi connectivity index (χ2v) is 7.01. The number of amides is 2. The van der Waals surface area contributed by atoms with Gasteiger partial charge >= 0.3 is 5.69 Å². The van der Waals surface area contributed by atoms with Gasteiger partial charge in [0.15, 0.2) is 0 Å². The minimum atomic E-state index is -0.218. The van der Waals surface area contributed by atoms with E-state index in [0.29, 0.717) is 18.8 Å². The van der Waals surface area contributed by atoms with Crippen molar-refractivity contribution in [2.24, 2.45) is 0 Å². The van der Waals surface area contributed by atoms with E-state index in [1.54, 1.807) is 15.2 Å². The first-order valence-electron chi connectivity index (χ1n) is 9.75. The van der Waals surface area contributed by atoms with Gasteiger partial charge in [0.25, 0.3) is 0 Å². The monoisotopic (exact) mass is 394 g/mol. The summed E-state index contributed by atoms with van der Waals surface area (Å²) >= 11 is 0. The number of hydrogen-bond donors (Lipinski definition) is 2. The molecule has 3 aromatic rings. The van der Waals surface area contributed by atoms with Crippen LogP contribution in [-0.4, -0.2) is 20.9 Å². The Bertz CT molecular complexity index is 1100. The number of rotatable bonds is 7. The number of nitrogens with zero attached hydrogens (tertiary/aromatic N) is 2. The molecular formula is C22H26N4O3. The van der Waals surface area contributed by atoms with Crippen molar-refractivity contribution >= 4 is 28.5 Å². The quantitative estimate of drug-likeness (QED) is 0.646. The maximum absolute atomic E-state index is 12.7. The van der Waals surface area contributed by atoms with Gasteiger partial charge in [-0.15, -0.1) is 0 Å². The molecule has 0 aliphatic heterocycles. The number of anilines is 1. The smallest absolute Gasteiger partial charge is 0.329 e. The maximum Gasteiger partial charge on any atom is 0.329 e. The molecule has 0 radical (unpaired) electrons. The molecule has 0 aliphatic carbocycles. The average molecular weight is 394 g/mol. The molecule has 0 saturated heterocycles. The van der Waals surface area contributed by atoms with Crippen LogP contribution in [0.15, 0.2) is 53.3 Å². The molecule has 1 aromatic heterocycles. The minimum absolute atomic E-state index is 0.0995. The Hall–Kier alpha value is -3.35. The van der Waals surface area contributed by atoms with Crippen LogP contribution in [-0.2, 0) is 22.7 Å². The molecular weight excluding hydrogens is 368 g/mol. The van der Waals surface area contributed by atoms with Gasteiger partial charge in [-0.25, -0.2) is 4.79 Å². The predicted molar refractivity (Wildman–Crippen MR) is 114 cm³/mol. The van der Waals surface area contributed by atoms with Crippen molar-refractivity contribution in [1.29, 1.82) is 0 Å². The van der Waals surface area contributed by atoms with Gasteiger partial charge in [0.05, 0.1) is 17.1 Å². The van der Waals surface area contributed by atoms with Gasteiger partial charge in [-0.05, 0) is 43.7 Å². The molecule has 0 aliphatic rings. The molecule has 0 bridgehead atoms. The summed E-state index contributed by atoms with van der Waals surface area (Å²) in [7, 11) is 0. The van der Waals surface area contributed by atoms with Crippen LogP contribution in [0.3, 0.4) is 0 Å². The van der Waals surface area contributed by atoms with Crippen molar-refractivity contribution in [2.45, 2.75) is 46.3 Å². The van der Waals surface area contributed by atoms with E-state index in [0.717, 1.165) is 16.6 Å². The third-order valence-electron chi connectivity index (χ3n) is 4.89. The first-order chi connectivity index (χ1) is 13.9. The van der Waals surface area contributed by atoms with E-state index in [1.165, 1.54) is 6.92 Å². The van der Waals surface area contributed by atoms with E-state index in [1.807, 2.05) is 56.3 Å². The zero-order valence-corrected chi connectivity index (χ0v) is 16.9. The summed E-state index contributed by atoms with van der Waals surface area (Å²) in [6, 6.07) is 14.8. The molecule has 2 aromatic carbocycles. The van der Waals surface area contributed by atoms with Gasteiger partial charge in [0, 0.05) is 32.1 Å². The second kappa shape index (κ2) is 8.77. The van der Waals surface area contributed by atoms with E-state index < -0.39 is 0 Å². The largest absolute Gasteiger partial charge is 0.350 e. The Morgan fingerprint density at radius 2 is 1.72 bits per heavy atom. The van der Waals surface area contributed by atoms with Crippen LogP contribution in [0.5, 0.6) is 0 Å². The zero-order chi connectivity index (χ0) is 21.0. The summed E-state index contributed by atoms with van der Waals surface area (Å²) in [6.07, 6.45) is 0.202. The fourth-order valence-corrected chi connectivity index (χ4v) is 3.49. The highest BCUT2D eigenvalue weighted by atomic mass is 16.2. The molecule has 1 atom stereocenters. The van der Waals surface area contributed by atoms with Crippen LogP contribution in [0.1, 0.15) is 38.8 Å². The van der Waals surface area contributed by atoms with Crippen LogP contribution < -0.4 is 16.3 Å². The summed E-state index contributed by atoms with van der Waals surface area (Å²) in [4.78, 5) is 36.4. The van der Waals surface area contributed by atoms with Crippen molar-refractivity contribution in [1.82, 2.24) is 14.5 Å². The highest BCUT2D eigenvalue weighted by Gasteiger charge is 2.14. The number of carbonyl (C=O) groups is 2. The van der Waals surface area contributed by atoms with Gasteiger partial charge in [0.1, 0.15) is 0 Å². The van der Waals surface area contributed by atoms with Gasteiger partial charge in [-0.1, -0.05) is 24.3 Å². The standard InChI is InChI=1S/C22H26N4O3/c1-4-25-19-10-5-6-11-20(19)26(22(25)29)13-12-21(28)23-15(2)17-8-7-9-18(14-17)24-16(3)27/h5-11,14-15H,4,12-13H2,1-3H3,(H,23,28)(H,24,27). The van der Waals surface area contributed by atoms with Crippen LogP contribution in [0.2, 0.25) is 0 Å². The first-order valence-corrected chi connectivity index (χ1v) is 9.75. The lowest BCUT2D eigenvalue weighted by atomic mass is 10.1. The van der Waals surface area contributed by atoms with Crippen molar-refractivity contribution in [3.63, 3.8) is 0 Å². The second-order valence-electron chi connectivity index (χ2n) is 7.01. The Labute approximate surface area is 169 Å². The molecule has 7 nitrogen and oxygen atoms in total. The number of carbonyl (C=O) groups excluding carboxylic acids is 2. The number of aryl methyl sites for hydroxylation is 2. The van der Waals surface area contributed by atoms with Crippen molar-refractivity contribution in [3.8, 4) is 0 Å². The Morgan fingerprint density at radius 3 is 2.38 bits per heavy atom. The molecule has 152 valence electrons. The molecule has 1 unspecified atom stereocenters. The lowest BCUT2D eigenvalue weighted by molar-refractivity contribution is -0.122. The van der Waals surface area contributed by atoms with Crippen LogP contribution >= 0.6 is 0 Å². The number of benzene rings is 2. The fraction of sp³-hybridized carbons (Fsp3) is 0.318. The fourth-order valence-electron chi connectivity index (χ4n) is 3.49. The topological polar surface area (TPSA) is 85.1 Å². The van der Waals surface area contributed by atoms with E-state index in [-0.39, 0.29) is 30.0 Å². The zero-order valence-electron chi connectivity index (χ0n) is 16.9. The average Bonchev–Trinajstić information content (AvgIpc) is 2.96. The molecule has 0 saturated carbocycles. The summed E-state index contributed by atoms with van der Waals surface area (Å²) in [5.74, 6) is -0.279. The SMILES string of the molecule is CCn1c(=O)n(CCC(=O)NC(C)c2cccc(NC(C)=O)c2)c2ccccc21. The first kappa shape index (κ1) is 20.4. The Balaban J connectivity index is 1.68. The summed E-state index contributed by atoms with van der Waals surface area (Å²) in [5.41, 5.74) is 3.20. The third kappa shape index (κ3) is 4.56. The van der Waals surface area contributed by atoms with Gasteiger partial charge in [-0.3, -0.25) is 18.7 Å². The van der Waals surface area contributed by atoms with E-state index in [9.17, 15) is 14.4 Å². The van der Waals surface area contributed by atoms with E-state index in [2.05, 4.69) is 10.6 Å².